The van der Waals surface area contributed by atoms with Crippen molar-refractivity contribution in [1.82, 2.24) is 14.7 Å². The largest absolute Gasteiger partial charge is 0.493 e. The molecule has 7 heteroatoms. The van der Waals surface area contributed by atoms with Crippen LogP contribution in [0.15, 0.2) is 59.6 Å². The molecule has 1 saturated heterocycles. The first-order valence-corrected chi connectivity index (χ1v) is 15.3. The Morgan fingerprint density at radius 1 is 1.08 bits per heavy atom. The molecule has 1 unspecified atom stereocenters. The third-order valence-corrected chi connectivity index (χ3v) is 8.49. The Labute approximate surface area is 242 Å². The van der Waals surface area contributed by atoms with E-state index in [-0.39, 0.29) is 5.91 Å². The molecule has 39 heavy (non-hydrogen) atoms. The highest BCUT2D eigenvalue weighted by atomic mass is 32.2. The van der Waals surface area contributed by atoms with E-state index in [1.807, 2.05) is 59.4 Å². The predicted octanol–water partition coefficient (Wildman–Crippen LogP) is 8.44. The number of para-hydroxylation sites is 1. The van der Waals surface area contributed by atoms with Crippen LogP contribution in [0.4, 0.5) is 0 Å². The average molecular weight is 562 g/mol. The van der Waals surface area contributed by atoms with Crippen molar-refractivity contribution in [2.75, 3.05) is 13.2 Å². The Bertz CT molecular complexity index is 1320. The Balaban J connectivity index is 1.67. The highest BCUT2D eigenvalue weighted by Gasteiger charge is 2.33. The van der Waals surface area contributed by atoms with Gasteiger partial charge >= 0.3 is 0 Å². The number of thioether (sulfide) groups is 1. The summed E-state index contributed by atoms with van der Waals surface area (Å²) in [5.74, 6) is 1.35. The van der Waals surface area contributed by atoms with Crippen molar-refractivity contribution in [3.63, 3.8) is 0 Å². The van der Waals surface area contributed by atoms with Crippen molar-refractivity contribution >= 4 is 40.3 Å². The van der Waals surface area contributed by atoms with E-state index < -0.39 is 0 Å². The summed E-state index contributed by atoms with van der Waals surface area (Å²) in [6, 6.07) is 16.2. The van der Waals surface area contributed by atoms with Gasteiger partial charge in [-0.05, 0) is 67.7 Å². The van der Waals surface area contributed by atoms with Gasteiger partial charge in [-0.1, -0.05) is 88.6 Å². The summed E-state index contributed by atoms with van der Waals surface area (Å²) in [6.45, 7) is 10.0. The number of hydrogen-bond acceptors (Lipinski definition) is 5. The summed E-state index contributed by atoms with van der Waals surface area (Å²) >= 11 is 7.06. The molecule has 1 aromatic heterocycles. The quantitative estimate of drug-likeness (QED) is 0.119. The van der Waals surface area contributed by atoms with Crippen molar-refractivity contribution in [3.8, 4) is 22.7 Å². The lowest BCUT2D eigenvalue weighted by Crippen LogP contribution is -2.33. The molecule has 1 fully saturated rings. The lowest BCUT2D eigenvalue weighted by molar-refractivity contribution is -0.122. The number of carbonyl (C=O) groups is 1. The van der Waals surface area contributed by atoms with Crippen LogP contribution < -0.4 is 4.74 Å². The average Bonchev–Trinajstić information content (AvgIpc) is 3.48. The zero-order valence-electron chi connectivity index (χ0n) is 23.5. The van der Waals surface area contributed by atoms with Crippen LogP contribution >= 0.6 is 24.0 Å². The van der Waals surface area contributed by atoms with Gasteiger partial charge in [0.1, 0.15) is 15.8 Å². The topological polar surface area (TPSA) is 47.4 Å². The number of aryl methyl sites for hydroxylation is 1. The molecule has 0 spiro atoms. The molecule has 0 saturated carbocycles. The Morgan fingerprint density at radius 2 is 1.85 bits per heavy atom. The van der Waals surface area contributed by atoms with Crippen LogP contribution in [-0.2, 0) is 4.79 Å². The molecular formula is C32H39N3O2S2. The molecule has 3 aromatic rings. The SMILES string of the molecule is CCCCOc1ccc(-c2nn(-c3ccccc3)cc2C=C2SC(=S)N(CC(CC)CCCC)C2=O)cc1C. The summed E-state index contributed by atoms with van der Waals surface area (Å²) < 4.78 is 8.50. The molecule has 206 valence electrons. The zero-order valence-corrected chi connectivity index (χ0v) is 25.1. The van der Waals surface area contributed by atoms with E-state index in [2.05, 4.69) is 33.8 Å². The van der Waals surface area contributed by atoms with Crippen LogP contribution in [-0.4, -0.2) is 38.1 Å². The fourth-order valence-corrected chi connectivity index (χ4v) is 5.96. The maximum atomic E-state index is 13.5. The number of unbranched alkanes of at least 4 members (excludes halogenated alkanes) is 2. The number of nitrogens with zero attached hydrogens (tertiary/aromatic N) is 3. The minimum absolute atomic E-state index is 0.00536. The van der Waals surface area contributed by atoms with Crippen molar-refractivity contribution in [3.05, 3.63) is 70.8 Å². The normalized spacial score (nSPS) is 15.4. The molecule has 4 rings (SSSR count). The minimum Gasteiger partial charge on any atom is -0.493 e. The second-order valence-corrected chi connectivity index (χ2v) is 11.8. The van der Waals surface area contributed by atoms with E-state index in [0.29, 0.717) is 28.3 Å². The summed E-state index contributed by atoms with van der Waals surface area (Å²) in [5, 5.41) is 4.96. The highest BCUT2D eigenvalue weighted by molar-refractivity contribution is 8.26. The first kappa shape index (κ1) is 29.1. The molecule has 1 amide bonds. The molecule has 1 atom stereocenters. The second kappa shape index (κ2) is 13.9. The van der Waals surface area contributed by atoms with Crippen molar-refractivity contribution in [2.24, 2.45) is 5.92 Å². The predicted molar refractivity (Wildman–Crippen MR) is 167 cm³/mol. The molecule has 0 radical (unpaired) electrons. The Kier molecular flexibility index (Phi) is 10.4. The van der Waals surface area contributed by atoms with E-state index in [1.165, 1.54) is 18.2 Å². The lowest BCUT2D eigenvalue weighted by Gasteiger charge is -2.21. The van der Waals surface area contributed by atoms with Gasteiger partial charge in [0.05, 0.1) is 17.2 Å². The molecule has 0 aliphatic carbocycles. The molecule has 0 bridgehead atoms. The first-order chi connectivity index (χ1) is 18.9. The van der Waals surface area contributed by atoms with Gasteiger partial charge in [0.15, 0.2) is 0 Å². The third kappa shape index (κ3) is 7.20. The minimum atomic E-state index is -0.00536. The van der Waals surface area contributed by atoms with Gasteiger partial charge in [-0.25, -0.2) is 4.68 Å². The maximum absolute atomic E-state index is 13.5. The van der Waals surface area contributed by atoms with Crippen LogP contribution in [0, 0.1) is 12.8 Å². The standard InChI is InChI=1S/C32H39N3O2S2/c1-5-8-13-24(7-3)21-34-31(36)29(39-32(34)38)20-26-22-35(27-14-11-10-12-15-27)33-30(26)25-16-17-28(23(4)19-25)37-18-9-6-2/h10-12,14-17,19-20,22,24H,5-9,13,18,21H2,1-4H3. The van der Waals surface area contributed by atoms with Crippen LogP contribution in [0.25, 0.3) is 23.0 Å². The van der Waals surface area contributed by atoms with Gasteiger partial charge in [0.25, 0.3) is 5.91 Å². The maximum Gasteiger partial charge on any atom is 0.266 e. The molecule has 0 N–H and O–H groups in total. The number of thiocarbonyl (C=S) groups is 1. The van der Waals surface area contributed by atoms with Crippen LogP contribution in [0.2, 0.25) is 0 Å². The third-order valence-electron chi connectivity index (χ3n) is 7.11. The molecule has 1 aliphatic heterocycles. The van der Waals surface area contributed by atoms with E-state index in [0.717, 1.165) is 65.9 Å². The van der Waals surface area contributed by atoms with Gasteiger partial charge < -0.3 is 4.74 Å². The van der Waals surface area contributed by atoms with Gasteiger partial charge in [0, 0.05) is 23.9 Å². The van der Waals surface area contributed by atoms with Crippen molar-refractivity contribution in [2.45, 2.75) is 66.2 Å². The summed E-state index contributed by atoms with van der Waals surface area (Å²) in [6.07, 6.45) is 10.6. The first-order valence-electron chi connectivity index (χ1n) is 14.1. The van der Waals surface area contributed by atoms with Gasteiger partial charge in [-0.2, -0.15) is 5.10 Å². The molecule has 1 aliphatic rings. The Morgan fingerprint density at radius 3 is 2.54 bits per heavy atom. The molecule has 2 aromatic carbocycles. The number of hydrogen-bond donors (Lipinski definition) is 0. The molecular weight excluding hydrogens is 523 g/mol. The van der Waals surface area contributed by atoms with Gasteiger partial charge in [0.2, 0.25) is 0 Å². The summed E-state index contributed by atoms with van der Waals surface area (Å²) in [7, 11) is 0. The number of amides is 1. The number of carbonyl (C=O) groups excluding carboxylic acids is 1. The number of benzene rings is 2. The van der Waals surface area contributed by atoms with Crippen LogP contribution in [0.5, 0.6) is 5.75 Å². The summed E-state index contributed by atoms with van der Waals surface area (Å²) in [4.78, 5) is 15.9. The monoisotopic (exact) mass is 561 g/mol. The zero-order chi connectivity index (χ0) is 27.8. The Hall–Kier alpha value is -2.90. The van der Waals surface area contributed by atoms with Gasteiger partial charge in [-0.15, -0.1) is 0 Å². The van der Waals surface area contributed by atoms with E-state index in [4.69, 9.17) is 22.1 Å². The second-order valence-electron chi connectivity index (χ2n) is 10.1. The lowest BCUT2D eigenvalue weighted by atomic mass is 9.99. The van der Waals surface area contributed by atoms with E-state index >= 15 is 0 Å². The van der Waals surface area contributed by atoms with E-state index in [9.17, 15) is 4.79 Å². The van der Waals surface area contributed by atoms with Gasteiger partial charge in [-0.3, -0.25) is 9.69 Å². The molecule has 2 heterocycles. The fourth-order valence-electron chi connectivity index (χ4n) is 4.69. The number of rotatable bonds is 13. The number of ether oxygens (including phenoxy) is 1. The fraction of sp³-hybridized carbons (Fsp3) is 0.406. The number of aromatic nitrogens is 2. The van der Waals surface area contributed by atoms with E-state index in [1.54, 1.807) is 4.90 Å². The smallest absolute Gasteiger partial charge is 0.266 e. The van der Waals surface area contributed by atoms with Crippen molar-refractivity contribution in [1.29, 1.82) is 0 Å². The van der Waals surface area contributed by atoms with Crippen LogP contribution in [0.1, 0.15) is 70.4 Å². The molecule has 5 nitrogen and oxygen atoms in total. The summed E-state index contributed by atoms with van der Waals surface area (Å²) in [5.41, 5.74) is 4.72. The van der Waals surface area contributed by atoms with Crippen LogP contribution in [0.3, 0.4) is 0 Å². The van der Waals surface area contributed by atoms with Crippen molar-refractivity contribution < 1.29 is 9.53 Å². The highest BCUT2D eigenvalue weighted by Crippen LogP contribution is 2.36.